The van der Waals surface area contributed by atoms with Crippen molar-refractivity contribution < 1.29 is 19.4 Å². The van der Waals surface area contributed by atoms with Crippen molar-refractivity contribution in [1.82, 2.24) is 0 Å². The molecule has 0 spiro atoms. The van der Waals surface area contributed by atoms with E-state index in [4.69, 9.17) is 14.6 Å². The SMILES string of the molecule is C=CCc1ccccc1OCCOc1ccccc1CCC(=O)O. The van der Waals surface area contributed by atoms with Gasteiger partial charge in [-0.2, -0.15) is 0 Å². The van der Waals surface area contributed by atoms with Crippen molar-refractivity contribution in [3.05, 3.63) is 72.3 Å². The van der Waals surface area contributed by atoms with Crippen molar-refractivity contribution in [2.45, 2.75) is 19.3 Å². The van der Waals surface area contributed by atoms with Gasteiger partial charge in [-0.3, -0.25) is 4.79 Å². The van der Waals surface area contributed by atoms with E-state index in [2.05, 4.69) is 6.58 Å². The molecular formula is C20H22O4. The zero-order valence-electron chi connectivity index (χ0n) is 13.6. The zero-order chi connectivity index (χ0) is 17.2. The molecule has 0 radical (unpaired) electrons. The zero-order valence-corrected chi connectivity index (χ0v) is 13.6. The van der Waals surface area contributed by atoms with Crippen LogP contribution in [0.4, 0.5) is 0 Å². The maximum Gasteiger partial charge on any atom is 0.303 e. The van der Waals surface area contributed by atoms with Crippen LogP contribution >= 0.6 is 0 Å². The Hall–Kier alpha value is -2.75. The number of hydrogen-bond acceptors (Lipinski definition) is 3. The lowest BCUT2D eigenvalue weighted by Gasteiger charge is -2.13. The van der Waals surface area contributed by atoms with Gasteiger partial charge in [-0.1, -0.05) is 42.5 Å². The van der Waals surface area contributed by atoms with Crippen molar-refractivity contribution in [1.29, 1.82) is 0 Å². The van der Waals surface area contributed by atoms with E-state index in [0.29, 0.717) is 25.4 Å². The minimum absolute atomic E-state index is 0.0891. The predicted octanol–water partition coefficient (Wildman–Crippen LogP) is 3.89. The molecule has 0 aliphatic rings. The molecule has 0 aliphatic heterocycles. The number of carboxylic acids is 1. The van der Waals surface area contributed by atoms with E-state index in [0.717, 1.165) is 23.3 Å². The molecule has 126 valence electrons. The molecule has 24 heavy (non-hydrogen) atoms. The Balaban J connectivity index is 1.86. The summed E-state index contributed by atoms with van der Waals surface area (Å²) in [6.45, 7) is 4.56. The number of rotatable bonds is 10. The summed E-state index contributed by atoms with van der Waals surface area (Å²) in [4.78, 5) is 10.7. The van der Waals surface area contributed by atoms with Gasteiger partial charge in [0.25, 0.3) is 0 Å². The van der Waals surface area contributed by atoms with Crippen molar-refractivity contribution in [3.63, 3.8) is 0 Å². The summed E-state index contributed by atoms with van der Waals surface area (Å²) in [6.07, 6.45) is 3.15. The highest BCUT2D eigenvalue weighted by Crippen LogP contribution is 2.21. The van der Waals surface area contributed by atoms with Gasteiger partial charge in [0, 0.05) is 6.42 Å². The number of benzene rings is 2. The first-order valence-electron chi connectivity index (χ1n) is 7.95. The monoisotopic (exact) mass is 326 g/mol. The molecule has 2 aromatic carbocycles. The number of para-hydroxylation sites is 2. The van der Waals surface area contributed by atoms with Crippen molar-refractivity contribution in [2.75, 3.05) is 13.2 Å². The number of carboxylic acid groups (broad SMARTS) is 1. The second-order valence-corrected chi connectivity index (χ2v) is 5.30. The first kappa shape index (κ1) is 17.6. The Morgan fingerprint density at radius 3 is 2.08 bits per heavy atom. The fourth-order valence-electron chi connectivity index (χ4n) is 2.36. The second-order valence-electron chi connectivity index (χ2n) is 5.30. The first-order valence-corrected chi connectivity index (χ1v) is 7.95. The molecule has 4 heteroatoms. The molecule has 0 aliphatic carbocycles. The molecule has 0 atom stereocenters. The van der Waals surface area contributed by atoms with Crippen molar-refractivity contribution in [3.8, 4) is 11.5 Å². The topological polar surface area (TPSA) is 55.8 Å². The van der Waals surface area contributed by atoms with E-state index in [1.165, 1.54) is 0 Å². The van der Waals surface area contributed by atoms with Crippen LogP contribution in [0.25, 0.3) is 0 Å². The quantitative estimate of drug-likeness (QED) is 0.531. The third kappa shape index (κ3) is 5.47. The fourth-order valence-corrected chi connectivity index (χ4v) is 2.36. The van der Waals surface area contributed by atoms with Crippen LogP contribution in [0.1, 0.15) is 17.5 Å². The van der Waals surface area contributed by atoms with Gasteiger partial charge in [-0.05, 0) is 36.1 Å². The number of carbonyl (C=O) groups is 1. The van der Waals surface area contributed by atoms with Gasteiger partial charge in [-0.25, -0.2) is 0 Å². The molecule has 4 nitrogen and oxygen atoms in total. The molecule has 1 N–H and O–H groups in total. The molecule has 0 saturated heterocycles. The van der Waals surface area contributed by atoms with E-state index in [9.17, 15) is 4.79 Å². The molecule has 0 aromatic heterocycles. The minimum Gasteiger partial charge on any atom is -0.490 e. The number of ether oxygens (including phenoxy) is 2. The van der Waals surface area contributed by atoms with Gasteiger partial charge in [-0.15, -0.1) is 6.58 Å². The first-order chi connectivity index (χ1) is 11.7. The highest BCUT2D eigenvalue weighted by Gasteiger charge is 2.06. The van der Waals surface area contributed by atoms with Crippen LogP contribution in [-0.2, 0) is 17.6 Å². The Kier molecular flexibility index (Phi) is 6.90. The van der Waals surface area contributed by atoms with E-state index < -0.39 is 5.97 Å². The smallest absolute Gasteiger partial charge is 0.303 e. The summed E-state index contributed by atoms with van der Waals surface area (Å²) in [6, 6.07) is 15.3. The number of hydrogen-bond donors (Lipinski definition) is 1. The van der Waals surface area contributed by atoms with Crippen LogP contribution in [0.3, 0.4) is 0 Å². The van der Waals surface area contributed by atoms with Crippen LogP contribution in [0.2, 0.25) is 0 Å². The molecule has 2 rings (SSSR count). The lowest BCUT2D eigenvalue weighted by Crippen LogP contribution is -2.11. The van der Waals surface area contributed by atoms with Gasteiger partial charge >= 0.3 is 5.97 Å². The Labute approximate surface area is 142 Å². The Morgan fingerprint density at radius 1 is 0.958 bits per heavy atom. The average Bonchev–Trinajstić information content (AvgIpc) is 2.59. The standard InChI is InChI=1S/C20H22O4/c1-2-7-16-8-3-5-10-18(16)23-14-15-24-19-11-6-4-9-17(19)12-13-20(21)22/h2-6,8-11H,1,7,12-15H2,(H,21,22). The third-order valence-electron chi connectivity index (χ3n) is 3.52. The summed E-state index contributed by atoms with van der Waals surface area (Å²) < 4.78 is 11.5. The molecular weight excluding hydrogens is 304 g/mol. The minimum atomic E-state index is -0.813. The largest absolute Gasteiger partial charge is 0.490 e. The van der Waals surface area contributed by atoms with Crippen molar-refractivity contribution >= 4 is 5.97 Å². The van der Waals surface area contributed by atoms with E-state index in [1.807, 2.05) is 54.6 Å². The predicted molar refractivity (Wildman–Crippen MR) is 93.7 cm³/mol. The van der Waals surface area contributed by atoms with Crippen LogP contribution in [0, 0.1) is 0 Å². The van der Waals surface area contributed by atoms with Crippen LogP contribution < -0.4 is 9.47 Å². The second kappa shape index (κ2) is 9.40. The van der Waals surface area contributed by atoms with Gasteiger partial charge < -0.3 is 14.6 Å². The highest BCUT2D eigenvalue weighted by molar-refractivity contribution is 5.67. The van der Waals surface area contributed by atoms with Gasteiger partial charge in [0.1, 0.15) is 24.7 Å². The lowest BCUT2D eigenvalue weighted by atomic mass is 10.1. The third-order valence-corrected chi connectivity index (χ3v) is 3.52. The molecule has 0 heterocycles. The summed E-state index contributed by atoms with van der Waals surface area (Å²) in [7, 11) is 0. The Bertz CT molecular complexity index is 679. The highest BCUT2D eigenvalue weighted by atomic mass is 16.5. The van der Waals surface area contributed by atoms with E-state index in [1.54, 1.807) is 0 Å². The number of aryl methyl sites for hydroxylation is 1. The summed E-state index contributed by atoms with van der Waals surface area (Å²) in [5.74, 6) is 0.730. The fraction of sp³-hybridized carbons (Fsp3) is 0.250. The lowest BCUT2D eigenvalue weighted by molar-refractivity contribution is -0.136. The Morgan fingerprint density at radius 2 is 1.50 bits per heavy atom. The normalized spacial score (nSPS) is 10.2. The van der Waals surface area contributed by atoms with Crippen LogP contribution in [0.5, 0.6) is 11.5 Å². The van der Waals surface area contributed by atoms with E-state index >= 15 is 0 Å². The van der Waals surface area contributed by atoms with Gasteiger partial charge in [0.15, 0.2) is 0 Å². The summed E-state index contributed by atoms with van der Waals surface area (Å²) in [5.41, 5.74) is 1.99. The van der Waals surface area contributed by atoms with Gasteiger partial charge in [0.2, 0.25) is 0 Å². The number of aliphatic carboxylic acids is 1. The molecule has 0 amide bonds. The molecule has 0 bridgehead atoms. The molecule has 2 aromatic rings. The van der Waals surface area contributed by atoms with E-state index in [-0.39, 0.29) is 6.42 Å². The maximum absolute atomic E-state index is 10.7. The van der Waals surface area contributed by atoms with Crippen LogP contribution in [0.15, 0.2) is 61.2 Å². The summed E-state index contributed by atoms with van der Waals surface area (Å²) >= 11 is 0. The number of allylic oxidation sites excluding steroid dienone is 1. The van der Waals surface area contributed by atoms with Crippen molar-refractivity contribution in [2.24, 2.45) is 0 Å². The maximum atomic E-state index is 10.7. The molecule has 0 unspecified atom stereocenters. The molecule has 0 fully saturated rings. The van der Waals surface area contributed by atoms with Crippen LogP contribution in [-0.4, -0.2) is 24.3 Å². The summed E-state index contributed by atoms with van der Waals surface area (Å²) in [5, 5.41) is 8.81. The molecule has 0 saturated carbocycles. The average molecular weight is 326 g/mol. The van der Waals surface area contributed by atoms with Gasteiger partial charge in [0.05, 0.1) is 0 Å².